The van der Waals surface area contributed by atoms with Gasteiger partial charge in [0.2, 0.25) is 5.91 Å². The van der Waals surface area contributed by atoms with Crippen LogP contribution in [0.4, 0.5) is 5.69 Å². The predicted octanol–water partition coefficient (Wildman–Crippen LogP) is 4.48. The normalized spacial score (nSPS) is 10.6. The van der Waals surface area contributed by atoms with Crippen molar-refractivity contribution in [2.24, 2.45) is 0 Å². The fourth-order valence-electron chi connectivity index (χ4n) is 2.43. The molecule has 0 aliphatic heterocycles. The Labute approximate surface area is 151 Å². The van der Waals surface area contributed by atoms with Gasteiger partial charge in [0, 0.05) is 5.69 Å². The summed E-state index contributed by atoms with van der Waals surface area (Å²) in [6, 6.07) is 12.0. The quantitative estimate of drug-likeness (QED) is 0.713. The Morgan fingerprint density at radius 3 is 2.60 bits per heavy atom. The minimum absolute atomic E-state index is 0.0995. The zero-order valence-electron chi connectivity index (χ0n) is 14.4. The molecule has 2 N–H and O–H groups in total. The van der Waals surface area contributed by atoms with Crippen LogP contribution in [0.5, 0.6) is 5.75 Å². The van der Waals surface area contributed by atoms with Crippen LogP contribution in [0.1, 0.15) is 41.3 Å². The molecule has 2 aromatic carbocycles. The van der Waals surface area contributed by atoms with Gasteiger partial charge in [0.15, 0.2) is 0 Å². The summed E-state index contributed by atoms with van der Waals surface area (Å²) in [7, 11) is 0. The number of carbonyl (C=O) groups excluding carboxylic acids is 1. The van der Waals surface area contributed by atoms with Gasteiger partial charge in [-0.3, -0.25) is 4.79 Å². The van der Waals surface area contributed by atoms with Crippen LogP contribution in [-0.4, -0.2) is 22.7 Å². The summed E-state index contributed by atoms with van der Waals surface area (Å²) in [5.74, 6) is -0.0406. The second-order valence-corrected chi connectivity index (χ2v) is 6.64. The van der Waals surface area contributed by atoms with E-state index in [1.54, 1.807) is 12.1 Å². The Bertz CT molecular complexity index is 774. The maximum atomic E-state index is 11.9. The summed E-state index contributed by atoms with van der Waals surface area (Å²) in [5, 5.41) is 11.6. The van der Waals surface area contributed by atoms with Crippen molar-refractivity contribution in [1.29, 1.82) is 0 Å². The number of benzene rings is 2. The summed E-state index contributed by atoms with van der Waals surface area (Å²) in [5.41, 5.74) is 3.00. The first-order chi connectivity index (χ1) is 11.9. The molecule has 2 rings (SSSR count). The van der Waals surface area contributed by atoms with Gasteiger partial charge in [-0.05, 0) is 54.3 Å². The second kappa shape index (κ2) is 8.58. The molecule has 5 nitrogen and oxygen atoms in total. The van der Waals surface area contributed by atoms with Crippen molar-refractivity contribution >= 4 is 29.6 Å². The standard InChI is InChI=1S/C19H21NO4S/c1-12(2)17-8-7-16(9-13(17)3)24-25-11-18(21)20-15-6-4-5-14(10-15)19(22)23/h4-10,12H,11H2,1-3H3,(H,20,21)(H,22,23). The number of rotatable bonds is 7. The fraction of sp³-hybridized carbons (Fsp3) is 0.263. The number of amides is 1. The molecule has 1 amide bonds. The summed E-state index contributed by atoms with van der Waals surface area (Å²) < 4.78 is 5.55. The zero-order valence-corrected chi connectivity index (χ0v) is 15.2. The van der Waals surface area contributed by atoms with E-state index in [2.05, 4.69) is 19.2 Å². The summed E-state index contributed by atoms with van der Waals surface area (Å²) in [4.78, 5) is 22.9. The van der Waals surface area contributed by atoms with E-state index in [9.17, 15) is 9.59 Å². The van der Waals surface area contributed by atoms with Gasteiger partial charge in [0.1, 0.15) is 11.5 Å². The fourth-order valence-corrected chi connectivity index (χ4v) is 2.90. The van der Waals surface area contributed by atoms with Gasteiger partial charge in [-0.1, -0.05) is 26.0 Å². The van der Waals surface area contributed by atoms with E-state index in [-0.39, 0.29) is 17.2 Å². The lowest BCUT2D eigenvalue weighted by Gasteiger charge is -2.11. The number of nitrogens with one attached hydrogen (secondary N) is 1. The lowest BCUT2D eigenvalue weighted by atomic mass is 9.98. The molecule has 0 saturated heterocycles. The van der Waals surface area contributed by atoms with Crippen LogP contribution in [0.2, 0.25) is 0 Å². The Hall–Kier alpha value is -2.47. The highest BCUT2D eigenvalue weighted by molar-refractivity contribution is 7.95. The summed E-state index contributed by atoms with van der Waals surface area (Å²) in [6.45, 7) is 6.32. The van der Waals surface area contributed by atoms with Crippen LogP contribution in [0, 0.1) is 6.92 Å². The van der Waals surface area contributed by atoms with Crippen LogP contribution in [0.25, 0.3) is 0 Å². The van der Waals surface area contributed by atoms with Crippen molar-refractivity contribution < 1.29 is 18.9 Å². The molecule has 0 aliphatic carbocycles. The van der Waals surface area contributed by atoms with Crippen molar-refractivity contribution in [3.05, 3.63) is 59.2 Å². The average Bonchev–Trinajstić information content (AvgIpc) is 2.54. The first-order valence-electron chi connectivity index (χ1n) is 7.90. The first kappa shape index (κ1) is 18.9. The number of carbonyl (C=O) groups is 2. The van der Waals surface area contributed by atoms with Gasteiger partial charge < -0.3 is 14.6 Å². The van der Waals surface area contributed by atoms with Gasteiger partial charge in [0.05, 0.1) is 17.6 Å². The maximum absolute atomic E-state index is 11.9. The minimum Gasteiger partial charge on any atom is -0.478 e. The average molecular weight is 359 g/mol. The van der Waals surface area contributed by atoms with Crippen LogP contribution < -0.4 is 9.50 Å². The second-order valence-electron chi connectivity index (χ2n) is 5.95. The van der Waals surface area contributed by atoms with E-state index >= 15 is 0 Å². The van der Waals surface area contributed by atoms with Crippen LogP contribution in [0.3, 0.4) is 0 Å². The molecule has 0 saturated carbocycles. The van der Waals surface area contributed by atoms with E-state index in [0.717, 1.165) is 17.6 Å². The number of anilines is 1. The molecular formula is C19H21NO4S. The van der Waals surface area contributed by atoms with Crippen molar-refractivity contribution in [1.82, 2.24) is 0 Å². The zero-order chi connectivity index (χ0) is 18.4. The Balaban J connectivity index is 1.85. The van der Waals surface area contributed by atoms with Gasteiger partial charge in [-0.2, -0.15) is 0 Å². The topological polar surface area (TPSA) is 75.6 Å². The molecule has 0 unspecified atom stereocenters. The van der Waals surface area contributed by atoms with Crippen molar-refractivity contribution in [2.45, 2.75) is 26.7 Å². The predicted molar refractivity (Wildman–Crippen MR) is 100 cm³/mol. The van der Waals surface area contributed by atoms with Gasteiger partial charge in [0.25, 0.3) is 0 Å². The van der Waals surface area contributed by atoms with E-state index in [1.165, 1.54) is 17.7 Å². The monoisotopic (exact) mass is 359 g/mol. The molecular weight excluding hydrogens is 338 g/mol. The molecule has 0 aliphatic rings. The maximum Gasteiger partial charge on any atom is 0.335 e. The smallest absolute Gasteiger partial charge is 0.335 e. The molecule has 0 radical (unpaired) electrons. The highest BCUT2D eigenvalue weighted by Gasteiger charge is 2.09. The molecule has 6 heteroatoms. The van der Waals surface area contributed by atoms with Crippen LogP contribution >= 0.6 is 12.0 Å². The number of carboxylic acids is 1. The highest BCUT2D eigenvalue weighted by Crippen LogP contribution is 2.25. The van der Waals surface area contributed by atoms with Gasteiger partial charge >= 0.3 is 5.97 Å². The number of carboxylic acid groups (broad SMARTS) is 1. The molecule has 0 heterocycles. The van der Waals surface area contributed by atoms with Gasteiger partial charge in [-0.25, -0.2) is 4.79 Å². The molecule has 132 valence electrons. The van der Waals surface area contributed by atoms with Crippen molar-refractivity contribution in [3.63, 3.8) is 0 Å². The summed E-state index contributed by atoms with van der Waals surface area (Å²) >= 11 is 1.04. The highest BCUT2D eigenvalue weighted by atomic mass is 32.2. The van der Waals surface area contributed by atoms with Gasteiger partial charge in [-0.15, -0.1) is 0 Å². The minimum atomic E-state index is -1.03. The Morgan fingerprint density at radius 1 is 1.20 bits per heavy atom. The van der Waals surface area contributed by atoms with E-state index in [1.807, 2.05) is 25.1 Å². The largest absolute Gasteiger partial charge is 0.478 e. The van der Waals surface area contributed by atoms with E-state index in [4.69, 9.17) is 9.29 Å². The molecule has 0 atom stereocenters. The lowest BCUT2D eigenvalue weighted by Crippen LogP contribution is -2.15. The molecule has 25 heavy (non-hydrogen) atoms. The van der Waals surface area contributed by atoms with E-state index < -0.39 is 5.97 Å². The van der Waals surface area contributed by atoms with Crippen LogP contribution in [0.15, 0.2) is 42.5 Å². The number of hydrogen-bond acceptors (Lipinski definition) is 4. The van der Waals surface area contributed by atoms with Crippen molar-refractivity contribution in [3.8, 4) is 5.75 Å². The number of hydrogen-bond donors (Lipinski definition) is 2. The first-order valence-corrected chi connectivity index (χ1v) is 8.81. The molecule has 0 spiro atoms. The van der Waals surface area contributed by atoms with Crippen molar-refractivity contribution in [2.75, 3.05) is 11.1 Å². The molecule has 0 fully saturated rings. The number of aromatic carboxylic acids is 1. The third kappa shape index (κ3) is 5.53. The van der Waals surface area contributed by atoms with Crippen LogP contribution in [-0.2, 0) is 4.79 Å². The lowest BCUT2D eigenvalue weighted by molar-refractivity contribution is -0.113. The van der Waals surface area contributed by atoms with E-state index in [0.29, 0.717) is 17.4 Å². The SMILES string of the molecule is Cc1cc(OSCC(=O)Nc2cccc(C(=O)O)c2)ccc1C(C)C. The third-order valence-electron chi connectivity index (χ3n) is 3.60. The summed E-state index contributed by atoms with van der Waals surface area (Å²) in [6.07, 6.45) is 0. The molecule has 2 aromatic rings. The third-order valence-corrected chi connectivity index (χ3v) is 4.29. The Kier molecular flexibility index (Phi) is 6.47. The molecule has 0 bridgehead atoms. The molecule has 0 aromatic heterocycles. The number of aryl methyl sites for hydroxylation is 1. The Morgan fingerprint density at radius 2 is 1.96 bits per heavy atom.